The first kappa shape index (κ1) is 14.3. The van der Waals surface area contributed by atoms with Gasteiger partial charge in [-0.05, 0) is 50.2 Å². The molecule has 3 atom stereocenters. The van der Waals surface area contributed by atoms with Crippen molar-refractivity contribution in [3.8, 4) is 0 Å². The van der Waals surface area contributed by atoms with Crippen LogP contribution in [0.2, 0.25) is 0 Å². The fourth-order valence-corrected chi connectivity index (χ4v) is 2.99. The van der Waals surface area contributed by atoms with Gasteiger partial charge in [-0.3, -0.25) is 0 Å². The predicted molar refractivity (Wildman–Crippen MR) is 74.9 cm³/mol. The summed E-state index contributed by atoms with van der Waals surface area (Å²) in [7, 11) is 0. The summed E-state index contributed by atoms with van der Waals surface area (Å²) in [6.45, 7) is 12.9. The molecule has 1 nitrogen and oxygen atoms in total. The smallest absolute Gasteiger partial charge is 0.121 e. The molecule has 0 spiro atoms. The quantitative estimate of drug-likeness (QED) is 0.616. The molecule has 0 aromatic carbocycles. The third-order valence-electron chi connectivity index (χ3n) is 4.04. The second kappa shape index (κ2) is 6.28. The van der Waals surface area contributed by atoms with Crippen LogP contribution in [0.4, 0.5) is 0 Å². The number of hydrogen-bond acceptors (Lipinski definition) is 1. The average molecular weight is 236 g/mol. The Labute approximate surface area is 107 Å². The molecule has 0 aromatic heterocycles. The van der Waals surface area contributed by atoms with Crippen molar-refractivity contribution in [1.29, 1.82) is 0 Å². The van der Waals surface area contributed by atoms with Gasteiger partial charge in [0.15, 0.2) is 0 Å². The molecule has 1 saturated heterocycles. The fraction of sp³-hybridized carbons (Fsp3) is 0.750. The monoisotopic (exact) mass is 236 g/mol. The van der Waals surface area contributed by atoms with Gasteiger partial charge in [-0.25, -0.2) is 0 Å². The molecule has 2 fully saturated rings. The lowest BCUT2D eigenvalue weighted by molar-refractivity contribution is 0.140. The minimum Gasteiger partial charge on any atom is -0.490 e. The van der Waals surface area contributed by atoms with Crippen molar-refractivity contribution in [2.75, 3.05) is 0 Å². The summed E-state index contributed by atoms with van der Waals surface area (Å²) in [5.74, 6) is 2.68. The van der Waals surface area contributed by atoms with Crippen LogP contribution in [-0.2, 0) is 4.74 Å². The molecule has 1 saturated carbocycles. The fourth-order valence-electron chi connectivity index (χ4n) is 2.99. The van der Waals surface area contributed by atoms with Crippen LogP contribution < -0.4 is 0 Å². The second-order valence-electron chi connectivity index (χ2n) is 4.94. The first-order valence-electron chi connectivity index (χ1n) is 7.22. The molecule has 2 unspecified atom stereocenters. The zero-order chi connectivity index (χ0) is 13.0. The number of fused-ring (bicyclic) bond motifs is 1. The highest BCUT2D eigenvalue weighted by Crippen LogP contribution is 2.48. The Hall–Kier alpha value is -0.720. The molecular formula is C16H28O. The Kier molecular flexibility index (Phi) is 5.30. The molecule has 0 radical (unpaired) electrons. The van der Waals surface area contributed by atoms with Crippen LogP contribution in [-0.4, -0.2) is 6.10 Å². The lowest BCUT2D eigenvalue weighted by Gasteiger charge is -2.12. The summed E-state index contributed by atoms with van der Waals surface area (Å²) < 4.78 is 6.12. The van der Waals surface area contributed by atoms with E-state index in [-0.39, 0.29) is 0 Å². The number of ether oxygens (including phenoxy) is 1. The van der Waals surface area contributed by atoms with Crippen molar-refractivity contribution in [3.05, 3.63) is 23.0 Å². The molecule has 1 heterocycles. The van der Waals surface area contributed by atoms with Gasteiger partial charge >= 0.3 is 0 Å². The lowest BCUT2D eigenvalue weighted by Crippen LogP contribution is -2.12. The van der Waals surface area contributed by atoms with Crippen LogP contribution in [0.1, 0.15) is 60.8 Å². The summed E-state index contributed by atoms with van der Waals surface area (Å²) >= 11 is 0. The molecule has 1 aliphatic heterocycles. The molecule has 17 heavy (non-hydrogen) atoms. The van der Waals surface area contributed by atoms with E-state index in [1.807, 2.05) is 13.8 Å². The zero-order valence-corrected chi connectivity index (χ0v) is 12.3. The van der Waals surface area contributed by atoms with Gasteiger partial charge in [-0.2, -0.15) is 0 Å². The first-order valence-corrected chi connectivity index (χ1v) is 7.22. The Morgan fingerprint density at radius 3 is 2.53 bits per heavy atom. The Morgan fingerprint density at radius 2 is 2.00 bits per heavy atom. The van der Waals surface area contributed by atoms with Crippen LogP contribution in [0.5, 0.6) is 0 Å². The standard InChI is InChI=1S/C14H22O.C2H6/c1-5-9(3)14-11(6-2)13-10(4)7-8-12(13)15-14;1-2/h6,10,12-13H,5,7-8H2,1-4H3;1-2H3/b11-6-,14-9-;/t10-,12?,13?;/m0./s1. The van der Waals surface area contributed by atoms with Crippen LogP contribution in [0.15, 0.2) is 23.0 Å². The van der Waals surface area contributed by atoms with E-state index in [2.05, 4.69) is 33.8 Å². The average Bonchev–Trinajstić information content (AvgIpc) is 2.91. The highest BCUT2D eigenvalue weighted by atomic mass is 16.5. The normalized spacial score (nSPS) is 36.1. The SMILES string of the molecule is C/C=C1\C(=C(/C)CC)OC2CC[C@H](C)C12.CC. The maximum absolute atomic E-state index is 6.12. The van der Waals surface area contributed by atoms with E-state index >= 15 is 0 Å². The van der Waals surface area contributed by atoms with E-state index < -0.39 is 0 Å². The highest BCUT2D eigenvalue weighted by Gasteiger charge is 2.44. The predicted octanol–water partition coefficient (Wildman–Crippen LogP) is 5.09. The summed E-state index contributed by atoms with van der Waals surface area (Å²) in [5, 5.41) is 0. The third-order valence-corrected chi connectivity index (χ3v) is 4.04. The molecule has 2 rings (SSSR count). The van der Waals surface area contributed by atoms with E-state index in [0.717, 1.165) is 12.3 Å². The molecule has 0 bridgehead atoms. The van der Waals surface area contributed by atoms with E-state index in [0.29, 0.717) is 12.0 Å². The van der Waals surface area contributed by atoms with Gasteiger partial charge in [0.2, 0.25) is 0 Å². The third kappa shape index (κ3) is 2.59. The highest BCUT2D eigenvalue weighted by molar-refractivity contribution is 5.37. The summed E-state index contributed by atoms with van der Waals surface area (Å²) in [4.78, 5) is 0. The van der Waals surface area contributed by atoms with Crippen molar-refractivity contribution in [1.82, 2.24) is 0 Å². The maximum atomic E-state index is 6.12. The van der Waals surface area contributed by atoms with Gasteiger partial charge in [0, 0.05) is 5.92 Å². The topological polar surface area (TPSA) is 9.23 Å². The van der Waals surface area contributed by atoms with Gasteiger partial charge in [0.25, 0.3) is 0 Å². The molecule has 1 heteroatoms. The minimum atomic E-state index is 0.475. The second-order valence-corrected chi connectivity index (χ2v) is 4.94. The van der Waals surface area contributed by atoms with Crippen molar-refractivity contribution in [3.63, 3.8) is 0 Å². The first-order chi connectivity index (χ1) is 8.19. The maximum Gasteiger partial charge on any atom is 0.121 e. The van der Waals surface area contributed by atoms with E-state index in [4.69, 9.17) is 4.74 Å². The molecule has 1 aliphatic carbocycles. The van der Waals surface area contributed by atoms with Gasteiger partial charge in [-0.15, -0.1) is 0 Å². The van der Waals surface area contributed by atoms with Crippen LogP contribution >= 0.6 is 0 Å². The van der Waals surface area contributed by atoms with E-state index in [1.54, 1.807) is 0 Å². The molecule has 98 valence electrons. The summed E-state index contributed by atoms with van der Waals surface area (Å²) in [6, 6.07) is 0. The summed E-state index contributed by atoms with van der Waals surface area (Å²) in [6.07, 6.45) is 6.40. The van der Waals surface area contributed by atoms with Gasteiger partial charge < -0.3 is 4.74 Å². The van der Waals surface area contributed by atoms with Crippen molar-refractivity contribution >= 4 is 0 Å². The minimum absolute atomic E-state index is 0.475. The molecule has 0 amide bonds. The van der Waals surface area contributed by atoms with Crippen LogP contribution in [0, 0.1) is 11.8 Å². The zero-order valence-electron chi connectivity index (χ0n) is 12.3. The van der Waals surface area contributed by atoms with Crippen molar-refractivity contribution < 1.29 is 4.74 Å². The number of hydrogen-bond donors (Lipinski definition) is 0. The van der Waals surface area contributed by atoms with Crippen molar-refractivity contribution in [2.24, 2.45) is 11.8 Å². The van der Waals surface area contributed by atoms with Gasteiger partial charge in [0.1, 0.15) is 11.9 Å². The Morgan fingerprint density at radius 1 is 1.35 bits per heavy atom. The van der Waals surface area contributed by atoms with Gasteiger partial charge in [-0.1, -0.05) is 33.8 Å². The summed E-state index contributed by atoms with van der Waals surface area (Å²) in [5.41, 5.74) is 2.88. The van der Waals surface area contributed by atoms with Crippen molar-refractivity contribution in [2.45, 2.75) is 66.9 Å². The van der Waals surface area contributed by atoms with Crippen LogP contribution in [0.25, 0.3) is 0 Å². The van der Waals surface area contributed by atoms with Crippen LogP contribution in [0.3, 0.4) is 0 Å². The molecular weight excluding hydrogens is 208 g/mol. The van der Waals surface area contributed by atoms with Gasteiger partial charge in [0.05, 0.1) is 0 Å². The van der Waals surface area contributed by atoms with E-state index in [9.17, 15) is 0 Å². The lowest BCUT2D eigenvalue weighted by atomic mass is 9.88. The molecule has 2 aliphatic rings. The largest absolute Gasteiger partial charge is 0.490 e. The Balaban J connectivity index is 0.000000686. The number of rotatable bonds is 1. The Bertz CT molecular complexity index is 311. The molecule has 0 aromatic rings. The molecule has 0 N–H and O–H groups in total. The van der Waals surface area contributed by atoms with E-state index in [1.165, 1.54) is 29.7 Å². The number of allylic oxidation sites excluding steroid dienone is 3.